The van der Waals surface area contributed by atoms with E-state index in [-0.39, 0.29) is 35.6 Å². The Hall–Kier alpha value is -4.99. The third-order valence-electron chi connectivity index (χ3n) is 8.67. The molecule has 0 saturated carbocycles. The van der Waals surface area contributed by atoms with Gasteiger partial charge >= 0.3 is 5.69 Å². The van der Waals surface area contributed by atoms with E-state index in [0.717, 1.165) is 26.3 Å². The molecule has 2 aliphatic heterocycles. The predicted molar refractivity (Wildman–Crippen MR) is 173 cm³/mol. The maximum absolute atomic E-state index is 13.9. The van der Waals surface area contributed by atoms with E-state index < -0.39 is 16.9 Å². The van der Waals surface area contributed by atoms with Crippen molar-refractivity contribution in [3.05, 3.63) is 83.1 Å². The van der Waals surface area contributed by atoms with Crippen LogP contribution in [0, 0.1) is 22.2 Å². The minimum absolute atomic E-state index is 0.0561. The zero-order valence-corrected chi connectivity index (χ0v) is 26.5. The largest absolute Gasteiger partial charge is 0.457 e. The molecule has 2 aromatic carbocycles. The second-order valence-electron chi connectivity index (χ2n) is 13.6. The van der Waals surface area contributed by atoms with Crippen LogP contribution in [0.5, 0.6) is 11.5 Å². The van der Waals surface area contributed by atoms with Crippen molar-refractivity contribution in [1.82, 2.24) is 29.3 Å². The fourth-order valence-corrected chi connectivity index (χ4v) is 6.01. The number of anilines is 1. The van der Waals surface area contributed by atoms with Crippen molar-refractivity contribution in [1.29, 1.82) is 5.26 Å². The summed E-state index contributed by atoms with van der Waals surface area (Å²) in [6.45, 7) is 11.6. The first-order valence-electron chi connectivity index (χ1n) is 15.2. The van der Waals surface area contributed by atoms with Crippen molar-refractivity contribution < 1.29 is 14.3 Å². The fraction of sp³-hybridized carbons (Fsp3) is 0.382. The Morgan fingerprint density at radius 1 is 1.09 bits per heavy atom. The number of fused-ring (bicyclic) bond motifs is 1. The van der Waals surface area contributed by atoms with Gasteiger partial charge in [-0.1, -0.05) is 32.0 Å². The van der Waals surface area contributed by atoms with Gasteiger partial charge in [0.2, 0.25) is 0 Å². The lowest BCUT2D eigenvalue weighted by Crippen LogP contribution is -2.70. The molecule has 4 heterocycles. The number of nitriles is 1. The molecule has 46 heavy (non-hydrogen) atoms. The molecule has 3 N–H and O–H groups in total. The summed E-state index contributed by atoms with van der Waals surface area (Å²) in [6, 6.07) is 18.6. The Labute approximate surface area is 267 Å². The highest BCUT2D eigenvalue weighted by Crippen LogP contribution is 2.41. The number of amides is 1. The molecular weight excluding hydrogens is 584 g/mol. The highest BCUT2D eigenvalue weighted by molar-refractivity contribution is 5.97. The lowest BCUT2D eigenvalue weighted by Gasteiger charge is -2.59. The summed E-state index contributed by atoms with van der Waals surface area (Å²) in [5.74, 6) is 1.03. The molecule has 12 nitrogen and oxygen atoms in total. The minimum Gasteiger partial charge on any atom is -0.457 e. The number of hydrogen-bond donors (Lipinski definition) is 2. The van der Waals surface area contributed by atoms with Crippen molar-refractivity contribution in [3.8, 4) is 23.3 Å². The SMILES string of the molecule is CC(C)(CNC(=O)C(C#N)=CC(C)(C)N1CC2(COC2)C1)Cn1c(=O)n(-c2ccc(Oc3ccccc3)cc2)c2c(N)ncnc21. The van der Waals surface area contributed by atoms with Gasteiger partial charge in [-0.2, -0.15) is 5.26 Å². The molecular formula is C34H38N8O4. The molecule has 1 amide bonds. The highest BCUT2D eigenvalue weighted by Gasteiger charge is 2.52. The molecule has 6 rings (SSSR count). The first-order valence-corrected chi connectivity index (χ1v) is 15.2. The number of nitrogens with one attached hydrogen (secondary N) is 1. The third kappa shape index (κ3) is 5.99. The second-order valence-corrected chi connectivity index (χ2v) is 13.6. The van der Waals surface area contributed by atoms with Crippen LogP contribution in [0.1, 0.15) is 27.7 Å². The van der Waals surface area contributed by atoms with Crippen LogP contribution in [0.25, 0.3) is 16.9 Å². The molecule has 0 aliphatic carbocycles. The Balaban J connectivity index is 1.19. The summed E-state index contributed by atoms with van der Waals surface area (Å²) in [6.07, 6.45) is 3.06. The van der Waals surface area contributed by atoms with Crippen molar-refractivity contribution in [2.75, 3.05) is 38.6 Å². The number of nitrogen functional groups attached to an aromatic ring is 1. The number of likely N-dealkylation sites (tertiary alicyclic amines) is 1. The number of hydrogen-bond acceptors (Lipinski definition) is 9. The monoisotopic (exact) mass is 622 g/mol. The van der Waals surface area contributed by atoms with Gasteiger partial charge in [0, 0.05) is 42.5 Å². The Morgan fingerprint density at radius 3 is 2.39 bits per heavy atom. The van der Waals surface area contributed by atoms with Gasteiger partial charge in [-0.25, -0.2) is 14.8 Å². The average Bonchev–Trinajstić information content (AvgIpc) is 3.25. The van der Waals surface area contributed by atoms with E-state index in [1.54, 1.807) is 34.9 Å². The fourth-order valence-electron chi connectivity index (χ4n) is 6.01. The predicted octanol–water partition coefficient (Wildman–Crippen LogP) is 3.66. The maximum atomic E-state index is 13.9. The van der Waals surface area contributed by atoms with E-state index in [1.165, 1.54) is 10.9 Å². The van der Waals surface area contributed by atoms with Gasteiger partial charge in [-0.05, 0) is 56.3 Å². The molecule has 238 valence electrons. The van der Waals surface area contributed by atoms with Crippen LogP contribution < -0.4 is 21.5 Å². The average molecular weight is 623 g/mol. The summed E-state index contributed by atoms with van der Waals surface area (Å²) < 4.78 is 14.3. The van der Waals surface area contributed by atoms with Crippen LogP contribution in [0.15, 0.2) is 77.4 Å². The number of nitrogens with zero attached hydrogens (tertiary/aromatic N) is 6. The molecule has 2 fully saturated rings. The Kier molecular flexibility index (Phi) is 7.92. The zero-order chi connectivity index (χ0) is 32.7. The van der Waals surface area contributed by atoms with Crippen molar-refractivity contribution in [2.45, 2.75) is 39.8 Å². The van der Waals surface area contributed by atoms with Gasteiger partial charge in [0.15, 0.2) is 11.5 Å². The first kappa shape index (κ1) is 31.0. The van der Waals surface area contributed by atoms with Gasteiger partial charge in [0.1, 0.15) is 35.0 Å². The topological polar surface area (TPSA) is 153 Å². The van der Waals surface area contributed by atoms with Crippen LogP contribution in [-0.4, -0.2) is 68.3 Å². The van der Waals surface area contributed by atoms with Crippen LogP contribution in [0.2, 0.25) is 0 Å². The molecule has 12 heteroatoms. The standard InChI is InChI=1S/C34H38N8O4/c1-32(2,16-37-30(43)23(15-35)14-33(3,4)40-18-34(19-40)20-45-21-34)17-41-29-27(28(36)38-22-39-29)42(31(41)44)24-10-12-26(13-11-24)46-25-8-6-5-7-9-25/h5-14,22H,16-21H2,1-4H3,(H,37,43)(H2,36,38,39). The first-order chi connectivity index (χ1) is 21.9. The molecule has 0 bridgehead atoms. The lowest BCUT2D eigenvalue weighted by atomic mass is 9.75. The number of carbonyl (C=O) groups is 1. The number of ether oxygens (including phenoxy) is 2. The van der Waals surface area contributed by atoms with Gasteiger partial charge in [0.25, 0.3) is 5.91 Å². The van der Waals surface area contributed by atoms with Crippen molar-refractivity contribution in [3.63, 3.8) is 0 Å². The molecule has 0 radical (unpaired) electrons. The van der Waals surface area contributed by atoms with Crippen LogP contribution in [0.3, 0.4) is 0 Å². The van der Waals surface area contributed by atoms with E-state index in [0.29, 0.717) is 28.4 Å². The van der Waals surface area contributed by atoms with Crippen LogP contribution in [0.4, 0.5) is 5.82 Å². The normalized spacial score (nSPS) is 16.5. The quantitative estimate of drug-likeness (QED) is 0.199. The number of carbonyl (C=O) groups excluding carboxylic acids is 1. The smallest absolute Gasteiger partial charge is 0.335 e. The third-order valence-corrected chi connectivity index (χ3v) is 8.67. The summed E-state index contributed by atoms with van der Waals surface area (Å²) in [5, 5.41) is 12.8. The molecule has 4 aromatic rings. The number of nitrogens with two attached hydrogens (primary N) is 1. The number of imidazole rings is 1. The summed E-state index contributed by atoms with van der Waals surface area (Å²) in [5.41, 5.74) is 6.50. The van der Waals surface area contributed by atoms with E-state index >= 15 is 0 Å². The number of benzene rings is 2. The van der Waals surface area contributed by atoms with E-state index in [4.69, 9.17) is 15.2 Å². The van der Waals surface area contributed by atoms with Gasteiger partial charge in [-0.3, -0.25) is 18.8 Å². The van der Waals surface area contributed by atoms with Crippen LogP contribution in [-0.2, 0) is 16.1 Å². The molecule has 0 atom stereocenters. The summed E-state index contributed by atoms with van der Waals surface area (Å²) in [4.78, 5) is 37.9. The van der Waals surface area contributed by atoms with Gasteiger partial charge < -0.3 is 20.5 Å². The van der Waals surface area contributed by atoms with Crippen LogP contribution >= 0.6 is 0 Å². The maximum Gasteiger partial charge on any atom is 0.335 e. The lowest BCUT2D eigenvalue weighted by molar-refractivity contribution is -0.204. The van der Waals surface area contributed by atoms with E-state index in [1.807, 2.05) is 58.0 Å². The summed E-state index contributed by atoms with van der Waals surface area (Å²) >= 11 is 0. The van der Waals surface area contributed by atoms with E-state index in [9.17, 15) is 14.9 Å². The molecule has 2 aliphatic rings. The van der Waals surface area contributed by atoms with Crippen molar-refractivity contribution >= 4 is 22.9 Å². The zero-order valence-electron chi connectivity index (χ0n) is 26.5. The minimum atomic E-state index is -0.601. The summed E-state index contributed by atoms with van der Waals surface area (Å²) in [7, 11) is 0. The highest BCUT2D eigenvalue weighted by atomic mass is 16.5. The number of aromatic nitrogens is 4. The molecule has 1 spiro atoms. The number of rotatable bonds is 10. The number of para-hydroxylation sites is 1. The van der Waals surface area contributed by atoms with E-state index in [2.05, 4.69) is 26.3 Å². The second kappa shape index (κ2) is 11.7. The Morgan fingerprint density at radius 2 is 1.76 bits per heavy atom. The molecule has 0 unspecified atom stereocenters. The molecule has 2 aromatic heterocycles. The Bertz CT molecular complexity index is 1890. The molecule has 2 saturated heterocycles. The van der Waals surface area contributed by atoms with Gasteiger partial charge in [0.05, 0.1) is 18.9 Å². The van der Waals surface area contributed by atoms with Gasteiger partial charge in [-0.15, -0.1) is 0 Å². The van der Waals surface area contributed by atoms with Crippen molar-refractivity contribution in [2.24, 2.45) is 10.8 Å².